The first-order valence-electron chi connectivity index (χ1n) is 22.6. The molecule has 8 rings (SSSR count). The van der Waals surface area contributed by atoms with E-state index in [1.807, 2.05) is 0 Å². The van der Waals surface area contributed by atoms with Crippen molar-refractivity contribution in [2.45, 2.75) is 170 Å². The van der Waals surface area contributed by atoms with Gasteiger partial charge in [0.15, 0.2) is 0 Å². The first-order valence-corrected chi connectivity index (χ1v) is 22.6. The van der Waals surface area contributed by atoms with Crippen LogP contribution < -0.4 is 9.47 Å². The average molecular weight is 773 g/mol. The SMILES string of the molecule is CC(C)c1cc(C(C)C)c(C(C)C)c(-c2ccc3c4c2C=CC2Oc5ccc(-c6c(C(C)C)c(C(C)C)cc(C(C)C)c6C(C)C)c6ccc(c(c56)C42)O3)c1C(C)C. The minimum absolute atomic E-state index is 0.0374. The molecule has 0 fully saturated rings. The highest BCUT2D eigenvalue weighted by Crippen LogP contribution is 2.60. The molecule has 2 heteroatoms. The Morgan fingerprint density at radius 1 is 0.431 bits per heavy atom. The maximum atomic E-state index is 7.15. The molecule has 2 atom stereocenters. The molecule has 0 amide bonds. The summed E-state index contributed by atoms with van der Waals surface area (Å²) in [6.07, 6.45) is 4.60. The van der Waals surface area contributed by atoms with Gasteiger partial charge in [-0.2, -0.15) is 0 Å². The van der Waals surface area contributed by atoms with Crippen LogP contribution in [0.4, 0.5) is 0 Å². The minimum atomic E-state index is -0.107. The maximum Gasteiger partial charge on any atom is 0.132 e. The highest BCUT2D eigenvalue weighted by atomic mass is 16.5. The average Bonchev–Trinajstić information content (AvgIpc) is 3.16. The predicted octanol–water partition coefficient (Wildman–Crippen LogP) is 17.2. The first-order chi connectivity index (χ1) is 27.4. The van der Waals surface area contributed by atoms with Crippen molar-refractivity contribution in [3.63, 3.8) is 0 Å². The molecule has 0 N–H and O–H groups in total. The molecule has 0 bridgehead atoms. The van der Waals surface area contributed by atoms with Gasteiger partial charge in [0.1, 0.15) is 23.4 Å². The van der Waals surface area contributed by atoms with Crippen molar-refractivity contribution < 1.29 is 9.47 Å². The van der Waals surface area contributed by atoms with Crippen LogP contribution in [0.5, 0.6) is 17.2 Å². The number of ether oxygens (including phenoxy) is 2. The molecule has 5 aromatic rings. The van der Waals surface area contributed by atoms with E-state index in [0.29, 0.717) is 47.3 Å². The van der Waals surface area contributed by atoms with Crippen molar-refractivity contribution in [2.75, 3.05) is 0 Å². The molecule has 2 heterocycles. The zero-order valence-corrected chi connectivity index (χ0v) is 38.4. The van der Waals surface area contributed by atoms with E-state index >= 15 is 0 Å². The normalized spacial score (nSPS) is 16.7. The zero-order valence-electron chi connectivity index (χ0n) is 38.4. The molecular formula is C56H68O2. The first kappa shape index (κ1) is 40.5. The number of rotatable bonds is 10. The van der Waals surface area contributed by atoms with Crippen molar-refractivity contribution >= 4 is 16.8 Å². The van der Waals surface area contributed by atoms with Gasteiger partial charge < -0.3 is 9.47 Å². The Kier molecular flexibility index (Phi) is 10.3. The molecule has 2 aliphatic heterocycles. The molecule has 5 aromatic carbocycles. The van der Waals surface area contributed by atoms with Gasteiger partial charge in [-0.1, -0.05) is 141 Å². The van der Waals surface area contributed by atoms with Crippen LogP contribution in [0.1, 0.15) is 225 Å². The molecule has 2 unspecified atom stereocenters. The van der Waals surface area contributed by atoms with Crippen LogP contribution in [0.15, 0.2) is 54.6 Å². The zero-order chi connectivity index (χ0) is 41.8. The fraction of sp³-hybridized carbons (Fsp3) is 0.464. The third kappa shape index (κ3) is 6.09. The summed E-state index contributed by atoms with van der Waals surface area (Å²) in [6.45, 7) is 38.0. The second-order valence-electron chi connectivity index (χ2n) is 20.2. The molecule has 0 radical (unpaired) electrons. The van der Waals surface area contributed by atoms with Crippen LogP contribution in [0, 0.1) is 0 Å². The topological polar surface area (TPSA) is 18.5 Å². The smallest absolute Gasteiger partial charge is 0.132 e. The van der Waals surface area contributed by atoms with Crippen molar-refractivity contribution in [3.05, 3.63) is 116 Å². The van der Waals surface area contributed by atoms with E-state index in [-0.39, 0.29) is 12.0 Å². The van der Waals surface area contributed by atoms with Crippen molar-refractivity contribution in [1.29, 1.82) is 0 Å². The third-order valence-electron chi connectivity index (χ3n) is 13.6. The lowest BCUT2D eigenvalue weighted by atomic mass is 9.70. The second kappa shape index (κ2) is 14.8. The Bertz CT molecular complexity index is 2400. The van der Waals surface area contributed by atoms with Gasteiger partial charge in [-0.05, 0) is 155 Å². The van der Waals surface area contributed by atoms with Gasteiger partial charge in [-0.15, -0.1) is 0 Å². The summed E-state index contributed by atoms with van der Waals surface area (Å²) in [5.74, 6) is 6.15. The van der Waals surface area contributed by atoms with E-state index in [0.717, 1.165) is 17.2 Å². The molecule has 58 heavy (non-hydrogen) atoms. The van der Waals surface area contributed by atoms with Crippen LogP contribution in [-0.2, 0) is 0 Å². The quantitative estimate of drug-likeness (QED) is 0.141. The molecule has 3 aliphatic rings. The Morgan fingerprint density at radius 2 is 0.845 bits per heavy atom. The third-order valence-corrected chi connectivity index (χ3v) is 13.6. The minimum Gasteiger partial charge on any atom is -0.485 e. The molecular weight excluding hydrogens is 705 g/mol. The van der Waals surface area contributed by atoms with Gasteiger partial charge >= 0.3 is 0 Å². The van der Waals surface area contributed by atoms with Crippen molar-refractivity contribution in [3.8, 4) is 39.5 Å². The van der Waals surface area contributed by atoms with Gasteiger partial charge in [0.2, 0.25) is 0 Å². The molecule has 0 saturated carbocycles. The lowest BCUT2D eigenvalue weighted by Crippen LogP contribution is -2.33. The van der Waals surface area contributed by atoms with Crippen LogP contribution in [0.3, 0.4) is 0 Å². The summed E-state index contributed by atoms with van der Waals surface area (Å²) >= 11 is 0. The Balaban J connectivity index is 1.44. The van der Waals surface area contributed by atoms with Crippen molar-refractivity contribution in [2.24, 2.45) is 0 Å². The molecule has 2 nitrogen and oxygen atoms in total. The fourth-order valence-corrected chi connectivity index (χ4v) is 11.2. The lowest BCUT2D eigenvalue weighted by molar-refractivity contribution is 0.217. The van der Waals surface area contributed by atoms with Crippen LogP contribution >= 0.6 is 0 Å². The number of benzene rings is 5. The van der Waals surface area contributed by atoms with Gasteiger partial charge in [-0.3, -0.25) is 0 Å². The van der Waals surface area contributed by atoms with Crippen LogP contribution in [0.2, 0.25) is 0 Å². The van der Waals surface area contributed by atoms with Crippen molar-refractivity contribution in [1.82, 2.24) is 0 Å². The molecule has 0 spiro atoms. The molecule has 0 aromatic heterocycles. The summed E-state index contributed by atoms with van der Waals surface area (Å²) in [7, 11) is 0. The predicted molar refractivity (Wildman–Crippen MR) is 249 cm³/mol. The summed E-state index contributed by atoms with van der Waals surface area (Å²) in [6, 6.07) is 19.0. The van der Waals surface area contributed by atoms with E-state index in [1.54, 1.807) is 0 Å². The maximum absolute atomic E-state index is 7.15. The van der Waals surface area contributed by atoms with Gasteiger partial charge in [0.25, 0.3) is 0 Å². The number of hydrogen-bond donors (Lipinski definition) is 0. The molecule has 1 aliphatic carbocycles. The van der Waals surface area contributed by atoms with E-state index in [9.17, 15) is 0 Å². The fourth-order valence-electron chi connectivity index (χ4n) is 11.2. The van der Waals surface area contributed by atoms with Crippen LogP contribution in [-0.4, -0.2) is 6.10 Å². The van der Waals surface area contributed by atoms with E-state index in [1.165, 1.54) is 94.2 Å². The van der Waals surface area contributed by atoms with E-state index in [2.05, 4.69) is 171 Å². The Morgan fingerprint density at radius 3 is 1.31 bits per heavy atom. The summed E-state index contributed by atoms with van der Waals surface area (Å²) in [4.78, 5) is 0. The van der Waals surface area contributed by atoms with Crippen LogP contribution in [0.25, 0.3) is 39.1 Å². The lowest BCUT2D eigenvalue weighted by Gasteiger charge is -2.41. The highest BCUT2D eigenvalue weighted by molar-refractivity contribution is 6.06. The standard InChI is InChI=1S/C56H68O2/c1-27(2)39-25-40(28(3)4)48(32(11)12)53(47(39)31(9)10)37-19-21-43-51-35(37)17-23-45-55(51)56-46(57-43)24-18-36-38(20-22-44(58-45)52(36)56)54-49(33(13)14)41(29(5)6)26-42(30(7)8)50(54)34(15)16/h17-34,45,55H,1-16H3. The molecule has 0 saturated heterocycles. The second-order valence-corrected chi connectivity index (χ2v) is 20.2. The van der Waals surface area contributed by atoms with E-state index in [4.69, 9.17) is 9.47 Å². The Hall–Kier alpha value is -4.30. The summed E-state index contributed by atoms with van der Waals surface area (Å²) < 4.78 is 14.2. The Labute approximate surface area is 350 Å². The van der Waals surface area contributed by atoms with Gasteiger partial charge in [0.05, 0.1) is 5.92 Å². The van der Waals surface area contributed by atoms with Gasteiger partial charge in [-0.25, -0.2) is 0 Å². The monoisotopic (exact) mass is 773 g/mol. The molecule has 304 valence electrons. The summed E-state index contributed by atoms with van der Waals surface area (Å²) in [5, 5.41) is 2.48. The largest absolute Gasteiger partial charge is 0.485 e. The summed E-state index contributed by atoms with van der Waals surface area (Å²) in [5.41, 5.74) is 21.3. The highest BCUT2D eigenvalue weighted by Gasteiger charge is 2.44. The number of hydrogen-bond acceptors (Lipinski definition) is 2. The van der Waals surface area contributed by atoms with E-state index < -0.39 is 0 Å². The van der Waals surface area contributed by atoms with Gasteiger partial charge in [0, 0.05) is 16.5 Å².